The van der Waals surface area contributed by atoms with Crippen LogP contribution in [0.4, 0.5) is 0 Å². The fourth-order valence-corrected chi connectivity index (χ4v) is 3.08. The van der Waals surface area contributed by atoms with Gasteiger partial charge in [-0.1, -0.05) is 13.8 Å². The van der Waals surface area contributed by atoms with Gasteiger partial charge >= 0.3 is 5.97 Å². The van der Waals surface area contributed by atoms with Crippen LogP contribution in [0.3, 0.4) is 0 Å². The zero-order valence-corrected chi connectivity index (χ0v) is 20.6. The lowest BCUT2D eigenvalue weighted by Gasteiger charge is -2.26. The van der Waals surface area contributed by atoms with Crippen LogP contribution in [-0.2, 0) is 25.6 Å². The Kier molecular flexibility index (Phi) is 12.3. The second-order valence-corrected chi connectivity index (χ2v) is 8.69. The molecule has 1 aromatic rings. The van der Waals surface area contributed by atoms with Gasteiger partial charge in [0.15, 0.2) is 5.96 Å². The summed E-state index contributed by atoms with van der Waals surface area (Å²) in [4.78, 5) is 60.4. The molecule has 15 nitrogen and oxygen atoms in total. The topological polar surface area (TPSA) is 264 Å². The molecule has 0 saturated carbocycles. The maximum atomic E-state index is 13.1. The number of nitrogens with one attached hydrogen (secondary N) is 4. The molecule has 0 bridgehead atoms. The van der Waals surface area contributed by atoms with E-state index < -0.39 is 54.0 Å². The zero-order valence-electron chi connectivity index (χ0n) is 20.6. The number of aliphatic carboxylic acids is 1. The molecule has 12 N–H and O–H groups in total. The molecule has 5 atom stereocenters. The number of imidazole rings is 1. The molecule has 1 aromatic heterocycles. The fourth-order valence-electron chi connectivity index (χ4n) is 3.08. The second kappa shape index (κ2) is 14.6. The average Bonchev–Trinajstić information content (AvgIpc) is 3.30. The van der Waals surface area contributed by atoms with Crippen molar-refractivity contribution in [3.63, 3.8) is 0 Å². The third kappa shape index (κ3) is 10.3. The van der Waals surface area contributed by atoms with Crippen molar-refractivity contribution in [3.8, 4) is 0 Å². The number of carboxylic acids is 1. The Balaban J connectivity index is 2.96. The summed E-state index contributed by atoms with van der Waals surface area (Å²) in [5.74, 6) is -3.93. The summed E-state index contributed by atoms with van der Waals surface area (Å²) in [6, 6.07) is -4.86. The molecule has 0 aliphatic rings. The predicted octanol–water partition coefficient (Wildman–Crippen LogP) is -3.09. The van der Waals surface area contributed by atoms with Crippen molar-refractivity contribution in [1.29, 1.82) is 0 Å². The molecular weight excluding hydrogens is 474 g/mol. The summed E-state index contributed by atoms with van der Waals surface area (Å²) in [6.45, 7) is 4.92. The molecule has 15 heteroatoms. The third-order valence-electron chi connectivity index (χ3n) is 5.26. The standard InChI is InChI=1S/C21H37N9O6/c1-10(2)15(22)18(33)29-14(7-12-8-25-9-27-12)17(32)30-16(11(3)31)19(34)28-13(20(35)36)5-4-6-26-21(23)24/h8-11,13-16,31H,4-7,22H2,1-3H3,(H,25,27)(H,28,34)(H,29,33)(H,30,32)(H,35,36)(H4,23,24,26). The van der Waals surface area contributed by atoms with Gasteiger partial charge in [-0.05, 0) is 25.7 Å². The van der Waals surface area contributed by atoms with Crippen molar-refractivity contribution in [1.82, 2.24) is 25.9 Å². The highest BCUT2D eigenvalue weighted by molar-refractivity contribution is 5.94. The Bertz CT molecular complexity index is 900. The van der Waals surface area contributed by atoms with Crippen LogP contribution in [0.2, 0.25) is 0 Å². The summed E-state index contributed by atoms with van der Waals surface area (Å²) in [5, 5.41) is 26.8. The van der Waals surface area contributed by atoms with Gasteiger partial charge in [-0.3, -0.25) is 19.4 Å². The van der Waals surface area contributed by atoms with Crippen molar-refractivity contribution in [2.45, 2.75) is 70.3 Å². The molecule has 0 aliphatic carbocycles. The first-order valence-electron chi connectivity index (χ1n) is 11.4. The van der Waals surface area contributed by atoms with Crippen molar-refractivity contribution in [2.24, 2.45) is 28.1 Å². The first-order chi connectivity index (χ1) is 16.8. The zero-order chi connectivity index (χ0) is 27.4. The number of hydrogen-bond acceptors (Lipinski definition) is 8. The largest absolute Gasteiger partial charge is 0.480 e. The van der Waals surface area contributed by atoms with E-state index >= 15 is 0 Å². The van der Waals surface area contributed by atoms with Crippen LogP contribution in [0.1, 0.15) is 39.3 Å². The molecule has 1 rings (SSSR count). The van der Waals surface area contributed by atoms with Crippen LogP contribution < -0.4 is 33.2 Å². The Morgan fingerprint density at radius 3 is 2.19 bits per heavy atom. The molecule has 0 aromatic carbocycles. The number of aliphatic hydroxyl groups is 1. The number of guanidine groups is 1. The number of nitrogens with zero attached hydrogens (tertiary/aromatic N) is 2. The van der Waals surface area contributed by atoms with Gasteiger partial charge in [0.1, 0.15) is 18.1 Å². The smallest absolute Gasteiger partial charge is 0.326 e. The maximum absolute atomic E-state index is 13.1. The molecule has 0 radical (unpaired) electrons. The van der Waals surface area contributed by atoms with Crippen LogP contribution in [0.5, 0.6) is 0 Å². The first kappa shape index (κ1) is 30.3. The number of aromatic nitrogens is 2. The summed E-state index contributed by atoms with van der Waals surface area (Å²) >= 11 is 0. The van der Waals surface area contributed by atoms with Gasteiger partial charge < -0.3 is 48.3 Å². The number of aliphatic hydroxyl groups excluding tert-OH is 1. The van der Waals surface area contributed by atoms with E-state index in [1.165, 1.54) is 19.4 Å². The number of hydrogen-bond donors (Lipinski definition) is 9. The fraction of sp³-hybridized carbons (Fsp3) is 0.619. The lowest BCUT2D eigenvalue weighted by molar-refractivity contribution is -0.143. The van der Waals surface area contributed by atoms with E-state index in [-0.39, 0.29) is 37.7 Å². The number of amides is 3. The molecule has 202 valence electrons. The van der Waals surface area contributed by atoms with Crippen LogP contribution in [0.25, 0.3) is 0 Å². The molecule has 0 spiro atoms. The van der Waals surface area contributed by atoms with Crippen LogP contribution in [0, 0.1) is 5.92 Å². The quantitative estimate of drug-likeness (QED) is 0.0650. The summed E-state index contributed by atoms with van der Waals surface area (Å²) < 4.78 is 0. The highest BCUT2D eigenvalue weighted by Gasteiger charge is 2.33. The molecule has 5 unspecified atom stereocenters. The molecule has 0 saturated heterocycles. The molecular formula is C21H37N9O6. The van der Waals surface area contributed by atoms with Crippen molar-refractivity contribution in [3.05, 3.63) is 18.2 Å². The van der Waals surface area contributed by atoms with E-state index in [1.54, 1.807) is 13.8 Å². The van der Waals surface area contributed by atoms with Gasteiger partial charge in [-0.2, -0.15) is 0 Å². The molecule has 3 amide bonds. The number of H-pyrrole nitrogens is 1. The summed E-state index contributed by atoms with van der Waals surface area (Å²) in [7, 11) is 0. The third-order valence-corrected chi connectivity index (χ3v) is 5.26. The number of aliphatic imine (C=N–C) groups is 1. The summed E-state index contributed by atoms with van der Waals surface area (Å²) in [5.41, 5.74) is 16.9. The molecule has 0 fully saturated rings. The normalized spacial score (nSPS) is 15.2. The summed E-state index contributed by atoms with van der Waals surface area (Å²) in [6.07, 6.45) is 1.75. The van der Waals surface area contributed by atoms with Gasteiger partial charge in [0.2, 0.25) is 17.7 Å². The predicted molar refractivity (Wildman–Crippen MR) is 130 cm³/mol. The molecule has 36 heavy (non-hydrogen) atoms. The van der Waals surface area contributed by atoms with E-state index in [2.05, 4.69) is 30.9 Å². The van der Waals surface area contributed by atoms with E-state index in [0.717, 1.165) is 0 Å². The van der Waals surface area contributed by atoms with Gasteiger partial charge in [0, 0.05) is 24.9 Å². The van der Waals surface area contributed by atoms with E-state index in [1.807, 2.05) is 0 Å². The van der Waals surface area contributed by atoms with Crippen molar-refractivity contribution >= 4 is 29.7 Å². The first-order valence-corrected chi connectivity index (χ1v) is 11.4. The van der Waals surface area contributed by atoms with Gasteiger partial charge in [-0.25, -0.2) is 9.78 Å². The molecule has 0 aliphatic heterocycles. The lowest BCUT2D eigenvalue weighted by Crippen LogP contribution is -2.60. The maximum Gasteiger partial charge on any atom is 0.326 e. The number of rotatable bonds is 15. The highest BCUT2D eigenvalue weighted by atomic mass is 16.4. The highest BCUT2D eigenvalue weighted by Crippen LogP contribution is 2.06. The average molecular weight is 512 g/mol. The number of carbonyl (C=O) groups is 4. The van der Waals surface area contributed by atoms with E-state index in [9.17, 15) is 29.4 Å². The monoisotopic (exact) mass is 511 g/mol. The van der Waals surface area contributed by atoms with Crippen LogP contribution >= 0.6 is 0 Å². The van der Waals surface area contributed by atoms with Gasteiger partial charge in [0.25, 0.3) is 0 Å². The van der Waals surface area contributed by atoms with Gasteiger partial charge in [-0.15, -0.1) is 0 Å². The van der Waals surface area contributed by atoms with Crippen molar-refractivity contribution in [2.75, 3.05) is 6.54 Å². The number of nitrogens with two attached hydrogens (primary N) is 3. The Hall–Kier alpha value is -3.72. The van der Waals surface area contributed by atoms with Crippen LogP contribution in [-0.4, -0.2) is 86.6 Å². The number of carbonyl (C=O) groups excluding carboxylic acids is 3. The van der Waals surface area contributed by atoms with Crippen molar-refractivity contribution < 1.29 is 29.4 Å². The lowest BCUT2D eigenvalue weighted by atomic mass is 10.0. The van der Waals surface area contributed by atoms with E-state index in [0.29, 0.717) is 5.69 Å². The van der Waals surface area contributed by atoms with Gasteiger partial charge in [0.05, 0.1) is 18.5 Å². The minimum atomic E-state index is -1.50. The number of carboxylic acid groups (broad SMARTS) is 1. The minimum Gasteiger partial charge on any atom is -0.480 e. The minimum absolute atomic E-state index is 0.000913. The molecule has 1 heterocycles. The Labute approximate surface area is 208 Å². The number of aromatic amines is 1. The SMILES string of the molecule is CC(C)C(N)C(=O)NC(Cc1cnc[nH]1)C(=O)NC(C(=O)NC(CCCN=C(N)N)C(=O)O)C(C)O. The Morgan fingerprint density at radius 2 is 1.69 bits per heavy atom. The van der Waals surface area contributed by atoms with Crippen LogP contribution in [0.15, 0.2) is 17.5 Å². The Morgan fingerprint density at radius 1 is 1.06 bits per heavy atom. The van der Waals surface area contributed by atoms with E-state index in [4.69, 9.17) is 17.2 Å². The second-order valence-electron chi connectivity index (χ2n) is 8.69.